The zero-order chi connectivity index (χ0) is 23.5. The number of hydrogen-bond acceptors (Lipinski definition) is 7. The van der Waals surface area contributed by atoms with Crippen molar-refractivity contribution in [3.63, 3.8) is 0 Å². The maximum atomic E-state index is 13.2. The van der Waals surface area contributed by atoms with Gasteiger partial charge < -0.3 is 9.84 Å². The van der Waals surface area contributed by atoms with Crippen molar-refractivity contribution in [1.82, 2.24) is 10.2 Å². The van der Waals surface area contributed by atoms with Gasteiger partial charge in [0.25, 0.3) is 5.78 Å². The number of amides is 1. The lowest BCUT2D eigenvalue weighted by Gasteiger charge is -2.23. The number of aryl methyl sites for hydroxylation is 2. The quantitative estimate of drug-likeness (QED) is 0.307. The second-order valence-electron chi connectivity index (χ2n) is 7.79. The number of carbonyl (C=O) groups excluding carboxylic acids is 2. The van der Waals surface area contributed by atoms with Gasteiger partial charge in [-0.1, -0.05) is 67.1 Å². The maximum absolute atomic E-state index is 13.2. The Labute approximate surface area is 196 Å². The monoisotopic (exact) mass is 463 g/mol. The molecule has 1 N–H and O–H groups in total. The van der Waals surface area contributed by atoms with Crippen molar-refractivity contribution in [1.29, 1.82) is 0 Å². The van der Waals surface area contributed by atoms with Crippen LogP contribution in [0, 0.1) is 6.92 Å². The number of benzene rings is 2. The summed E-state index contributed by atoms with van der Waals surface area (Å²) < 4.78 is 5.77. The van der Waals surface area contributed by atoms with Gasteiger partial charge in [-0.15, -0.1) is 10.2 Å². The van der Waals surface area contributed by atoms with Crippen LogP contribution in [0.15, 0.2) is 54.1 Å². The van der Waals surface area contributed by atoms with Gasteiger partial charge >= 0.3 is 5.91 Å². The molecule has 1 amide bonds. The third kappa shape index (κ3) is 4.39. The molecule has 2 aromatic carbocycles. The molecule has 1 aromatic heterocycles. The predicted octanol–water partition coefficient (Wildman–Crippen LogP) is 4.82. The fourth-order valence-electron chi connectivity index (χ4n) is 3.69. The number of aliphatic hydroxyl groups is 1. The number of ether oxygens (including phenoxy) is 1. The molecule has 8 heteroatoms. The first-order valence-corrected chi connectivity index (χ1v) is 11.7. The highest BCUT2D eigenvalue weighted by atomic mass is 32.1. The molecule has 1 saturated heterocycles. The van der Waals surface area contributed by atoms with Gasteiger partial charge in [-0.25, -0.2) is 0 Å². The third-order valence-electron chi connectivity index (χ3n) is 5.38. The Hall–Kier alpha value is -3.52. The Morgan fingerprint density at radius 2 is 1.88 bits per heavy atom. The molecular formula is C25H25N3O4S. The summed E-state index contributed by atoms with van der Waals surface area (Å²) >= 11 is 1.26. The van der Waals surface area contributed by atoms with Crippen LogP contribution in [0.2, 0.25) is 0 Å². The van der Waals surface area contributed by atoms with E-state index in [1.807, 2.05) is 51.1 Å². The van der Waals surface area contributed by atoms with Crippen LogP contribution in [-0.2, 0) is 16.0 Å². The van der Waals surface area contributed by atoms with Crippen LogP contribution in [-0.4, -0.2) is 33.6 Å². The van der Waals surface area contributed by atoms with E-state index in [2.05, 4.69) is 10.2 Å². The van der Waals surface area contributed by atoms with Crippen LogP contribution in [0.1, 0.15) is 48.0 Å². The SMILES string of the molecule is CCCOc1cccc(C2/C(=C(\O)c3ccc(C)cc3)C(=O)C(=O)N2c2nnc(CC)s2)c1. The molecule has 1 atom stereocenters. The Morgan fingerprint density at radius 1 is 1.12 bits per heavy atom. The van der Waals surface area contributed by atoms with Gasteiger partial charge in [0.1, 0.15) is 16.5 Å². The van der Waals surface area contributed by atoms with E-state index in [-0.39, 0.29) is 11.3 Å². The molecule has 2 heterocycles. The minimum atomic E-state index is -0.853. The summed E-state index contributed by atoms with van der Waals surface area (Å²) in [5, 5.41) is 20.5. The van der Waals surface area contributed by atoms with Crippen molar-refractivity contribution in [3.8, 4) is 5.75 Å². The molecule has 7 nitrogen and oxygen atoms in total. The second kappa shape index (κ2) is 9.54. The average molecular weight is 464 g/mol. The molecule has 33 heavy (non-hydrogen) atoms. The molecule has 0 aliphatic carbocycles. The number of aliphatic hydroxyl groups excluding tert-OH is 1. The van der Waals surface area contributed by atoms with Crippen molar-refractivity contribution in [2.45, 2.75) is 39.7 Å². The Morgan fingerprint density at radius 3 is 2.55 bits per heavy atom. The standard InChI is InChI=1S/C25H25N3O4S/c1-4-13-32-18-8-6-7-17(14-18)21-20(22(29)16-11-9-15(3)10-12-16)23(30)24(31)28(21)25-27-26-19(5-2)33-25/h6-12,14,21,29H,4-5,13H2,1-3H3/b22-20+. The van der Waals surface area contributed by atoms with Gasteiger partial charge in [0, 0.05) is 5.56 Å². The second-order valence-corrected chi connectivity index (χ2v) is 8.83. The smallest absolute Gasteiger partial charge is 0.301 e. The molecule has 1 aliphatic heterocycles. The van der Waals surface area contributed by atoms with Gasteiger partial charge in [-0.3, -0.25) is 14.5 Å². The van der Waals surface area contributed by atoms with Gasteiger partial charge in [0.15, 0.2) is 0 Å². The zero-order valence-electron chi connectivity index (χ0n) is 18.7. The molecule has 0 spiro atoms. The van der Waals surface area contributed by atoms with E-state index in [0.717, 1.165) is 17.0 Å². The molecule has 1 unspecified atom stereocenters. The molecule has 0 bridgehead atoms. The molecule has 4 rings (SSSR count). The molecule has 1 fully saturated rings. The van der Waals surface area contributed by atoms with E-state index >= 15 is 0 Å². The summed E-state index contributed by atoms with van der Waals surface area (Å²) in [6, 6.07) is 13.5. The van der Waals surface area contributed by atoms with Crippen molar-refractivity contribution in [2.24, 2.45) is 0 Å². The lowest BCUT2D eigenvalue weighted by Crippen LogP contribution is -2.29. The topological polar surface area (TPSA) is 92.6 Å². The highest BCUT2D eigenvalue weighted by Crippen LogP contribution is 2.43. The van der Waals surface area contributed by atoms with Crippen LogP contribution in [0.4, 0.5) is 5.13 Å². The van der Waals surface area contributed by atoms with E-state index < -0.39 is 17.7 Å². The number of Topliss-reactive ketones (excluding diaryl/α,β-unsaturated/α-hetero) is 1. The first-order valence-electron chi connectivity index (χ1n) is 10.9. The highest BCUT2D eigenvalue weighted by Gasteiger charge is 2.48. The fourth-order valence-corrected chi connectivity index (χ4v) is 4.50. The molecule has 0 saturated carbocycles. The predicted molar refractivity (Wildman–Crippen MR) is 127 cm³/mol. The van der Waals surface area contributed by atoms with E-state index in [1.54, 1.807) is 18.2 Å². The normalized spacial score (nSPS) is 17.5. The van der Waals surface area contributed by atoms with Crippen LogP contribution in [0.25, 0.3) is 5.76 Å². The number of aromatic nitrogens is 2. The van der Waals surface area contributed by atoms with Crippen LogP contribution < -0.4 is 9.64 Å². The Balaban J connectivity index is 1.89. The summed E-state index contributed by atoms with van der Waals surface area (Å²) in [5.41, 5.74) is 2.15. The summed E-state index contributed by atoms with van der Waals surface area (Å²) in [6.45, 7) is 6.44. The van der Waals surface area contributed by atoms with Crippen LogP contribution in [0.3, 0.4) is 0 Å². The number of ketones is 1. The third-order valence-corrected chi connectivity index (χ3v) is 6.45. The fraction of sp³-hybridized carbons (Fsp3) is 0.280. The van der Waals surface area contributed by atoms with Crippen molar-refractivity contribution < 1.29 is 19.4 Å². The molecule has 3 aromatic rings. The van der Waals surface area contributed by atoms with Gasteiger partial charge in [-0.2, -0.15) is 0 Å². The maximum Gasteiger partial charge on any atom is 0.301 e. The van der Waals surface area contributed by atoms with Gasteiger partial charge in [0.05, 0.1) is 18.2 Å². The summed E-state index contributed by atoms with van der Waals surface area (Å²) in [5.74, 6) is -1.10. The Kier molecular flexibility index (Phi) is 6.55. The van der Waals surface area contributed by atoms with E-state index in [0.29, 0.717) is 35.0 Å². The summed E-state index contributed by atoms with van der Waals surface area (Å²) in [4.78, 5) is 27.7. The molecule has 1 aliphatic rings. The van der Waals surface area contributed by atoms with Crippen LogP contribution in [0.5, 0.6) is 5.75 Å². The molecular weight excluding hydrogens is 438 g/mol. The van der Waals surface area contributed by atoms with E-state index in [1.165, 1.54) is 16.2 Å². The van der Waals surface area contributed by atoms with Gasteiger partial charge in [0.2, 0.25) is 5.13 Å². The van der Waals surface area contributed by atoms with Crippen molar-refractivity contribution in [2.75, 3.05) is 11.5 Å². The first kappa shape index (κ1) is 22.7. The minimum Gasteiger partial charge on any atom is -0.507 e. The number of carbonyl (C=O) groups is 2. The largest absolute Gasteiger partial charge is 0.507 e. The summed E-state index contributed by atoms with van der Waals surface area (Å²) in [6.07, 6.45) is 1.51. The number of hydrogen-bond donors (Lipinski definition) is 1. The van der Waals surface area contributed by atoms with E-state index in [9.17, 15) is 14.7 Å². The van der Waals surface area contributed by atoms with Gasteiger partial charge in [-0.05, 0) is 37.5 Å². The molecule has 0 radical (unpaired) electrons. The number of nitrogens with zero attached hydrogens (tertiary/aromatic N) is 3. The lowest BCUT2D eigenvalue weighted by molar-refractivity contribution is -0.132. The van der Waals surface area contributed by atoms with E-state index in [4.69, 9.17) is 4.74 Å². The Bertz CT molecular complexity index is 1220. The summed E-state index contributed by atoms with van der Waals surface area (Å²) in [7, 11) is 0. The number of anilines is 1. The van der Waals surface area contributed by atoms with Crippen molar-refractivity contribution in [3.05, 3.63) is 75.8 Å². The van der Waals surface area contributed by atoms with Crippen LogP contribution >= 0.6 is 11.3 Å². The lowest BCUT2D eigenvalue weighted by atomic mass is 9.95. The number of rotatable bonds is 7. The average Bonchev–Trinajstić information content (AvgIpc) is 3.40. The zero-order valence-corrected chi connectivity index (χ0v) is 19.6. The minimum absolute atomic E-state index is 0.0183. The first-order chi connectivity index (χ1) is 15.9. The van der Waals surface area contributed by atoms with Crippen molar-refractivity contribution >= 4 is 33.9 Å². The highest BCUT2D eigenvalue weighted by molar-refractivity contribution is 7.15. The molecule has 170 valence electrons.